The Balaban J connectivity index is 1.77. The van der Waals surface area contributed by atoms with Gasteiger partial charge in [-0.3, -0.25) is 0 Å². The van der Waals surface area contributed by atoms with Gasteiger partial charge in [-0.25, -0.2) is 4.39 Å². The third-order valence-corrected chi connectivity index (χ3v) is 3.64. The van der Waals surface area contributed by atoms with Crippen LogP contribution in [0.4, 0.5) is 4.39 Å². The van der Waals surface area contributed by atoms with E-state index in [1.54, 1.807) is 12.1 Å². The van der Waals surface area contributed by atoms with Crippen molar-refractivity contribution in [1.29, 1.82) is 0 Å². The van der Waals surface area contributed by atoms with Crippen LogP contribution < -0.4 is 5.32 Å². The Labute approximate surface area is 119 Å². The van der Waals surface area contributed by atoms with E-state index in [1.807, 2.05) is 0 Å². The maximum atomic E-state index is 13.7. The van der Waals surface area contributed by atoms with E-state index >= 15 is 0 Å². The van der Waals surface area contributed by atoms with Crippen LogP contribution in [0.25, 0.3) is 0 Å². The number of hydrogen-bond donors (Lipinski definition) is 2. The number of hydrogen-bond acceptors (Lipinski definition) is 5. The molecule has 1 aromatic heterocycles. The van der Waals surface area contributed by atoms with Crippen LogP contribution in [0.5, 0.6) is 0 Å². The van der Waals surface area contributed by atoms with Crippen molar-refractivity contribution < 1.29 is 14.0 Å². The van der Waals surface area contributed by atoms with E-state index in [0.717, 1.165) is 0 Å². The predicted octanol–water partition coefficient (Wildman–Crippen LogP) is 1.85. The SMILES string of the molecule is O[C@H]1CN[C@H](c2nc(Cc3c(F)cccc3Cl)no2)C1. The van der Waals surface area contributed by atoms with Crippen LogP contribution in [0.15, 0.2) is 22.7 Å². The molecule has 1 saturated heterocycles. The highest BCUT2D eigenvalue weighted by Crippen LogP contribution is 2.24. The van der Waals surface area contributed by atoms with Crippen molar-refractivity contribution >= 4 is 11.6 Å². The summed E-state index contributed by atoms with van der Waals surface area (Å²) in [4.78, 5) is 4.23. The van der Waals surface area contributed by atoms with Crippen LogP contribution in [0.2, 0.25) is 5.02 Å². The largest absolute Gasteiger partial charge is 0.392 e. The lowest BCUT2D eigenvalue weighted by molar-refractivity contribution is 0.191. The zero-order valence-electron chi connectivity index (χ0n) is 10.5. The van der Waals surface area contributed by atoms with E-state index in [0.29, 0.717) is 35.3 Å². The molecule has 2 aromatic rings. The summed E-state index contributed by atoms with van der Waals surface area (Å²) in [5.41, 5.74) is 0.348. The van der Waals surface area contributed by atoms with Gasteiger partial charge in [0.15, 0.2) is 5.82 Å². The molecule has 106 valence electrons. The molecule has 1 aromatic carbocycles. The van der Waals surface area contributed by atoms with Gasteiger partial charge in [0.2, 0.25) is 5.89 Å². The molecule has 2 atom stereocenters. The molecule has 3 rings (SSSR count). The molecule has 1 aliphatic rings. The highest BCUT2D eigenvalue weighted by Gasteiger charge is 2.28. The first kappa shape index (κ1) is 13.5. The molecule has 1 aliphatic heterocycles. The monoisotopic (exact) mass is 297 g/mol. The summed E-state index contributed by atoms with van der Waals surface area (Å²) in [6.45, 7) is 0.502. The van der Waals surface area contributed by atoms with Gasteiger partial charge >= 0.3 is 0 Å². The molecule has 0 amide bonds. The highest BCUT2D eigenvalue weighted by molar-refractivity contribution is 6.31. The summed E-state index contributed by atoms with van der Waals surface area (Å²) in [6, 6.07) is 4.36. The summed E-state index contributed by atoms with van der Waals surface area (Å²) in [7, 11) is 0. The summed E-state index contributed by atoms with van der Waals surface area (Å²) in [6.07, 6.45) is 0.295. The van der Waals surface area contributed by atoms with Crippen LogP contribution in [-0.4, -0.2) is 27.9 Å². The molecule has 0 aliphatic carbocycles. The number of aliphatic hydroxyl groups excluding tert-OH is 1. The van der Waals surface area contributed by atoms with Gasteiger partial charge in [-0.1, -0.05) is 22.8 Å². The number of nitrogens with one attached hydrogen (secondary N) is 1. The Morgan fingerprint density at radius 1 is 1.50 bits per heavy atom. The number of aliphatic hydroxyl groups is 1. The van der Waals surface area contributed by atoms with Crippen molar-refractivity contribution in [2.45, 2.75) is 25.0 Å². The first-order chi connectivity index (χ1) is 9.63. The molecular weight excluding hydrogens is 285 g/mol. The second-order valence-electron chi connectivity index (χ2n) is 4.78. The van der Waals surface area contributed by atoms with Gasteiger partial charge in [0.25, 0.3) is 0 Å². The van der Waals surface area contributed by atoms with Gasteiger partial charge < -0.3 is 14.9 Å². The maximum absolute atomic E-state index is 13.7. The van der Waals surface area contributed by atoms with E-state index in [4.69, 9.17) is 16.1 Å². The Hall–Kier alpha value is -1.50. The topological polar surface area (TPSA) is 71.2 Å². The minimum absolute atomic E-state index is 0.151. The van der Waals surface area contributed by atoms with E-state index in [-0.39, 0.29) is 12.5 Å². The molecule has 0 spiro atoms. The van der Waals surface area contributed by atoms with Crippen LogP contribution >= 0.6 is 11.6 Å². The van der Waals surface area contributed by atoms with Gasteiger partial charge in [0.1, 0.15) is 5.82 Å². The lowest BCUT2D eigenvalue weighted by atomic mass is 10.1. The van der Waals surface area contributed by atoms with Gasteiger partial charge in [-0.15, -0.1) is 0 Å². The molecule has 1 fully saturated rings. The van der Waals surface area contributed by atoms with Crippen molar-refractivity contribution in [3.05, 3.63) is 46.3 Å². The molecule has 0 saturated carbocycles. The predicted molar refractivity (Wildman–Crippen MR) is 69.9 cm³/mol. The average Bonchev–Trinajstić information content (AvgIpc) is 3.03. The Kier molecular flexibility index (Phi) is 3.69. The van der Waals surface area contributed by atoms with E-state index in [9.17, 15) is 9.50 Å². The summed E-state index contributed by atoms with van der Waals surface area (Å²) >= 11 is 5.96. The lowest BCUT2D eigenvalue weighted by Crippen LogP contribution is -2.15. The van der Waals surface area contributed by atoms with Crippen molar-refractivity contribution in [1.82, 2.24) is 15.5 Å². The molecule has 2 N–H and O–H groups in total. The van der Waals surface area contributed by atoms with Gasteiger partial charge in [0, 0.05) is 23.6 Å². The molecule has 20 heavy (non-hydrogen) atoms. The van der Waals surface area contributed by atoms with Crippen molar-refractivity contribution in [2.24, 2.45) is 0 Å². The third kappa shape index (κ3) is 2.67. The molecule has 7 heteroatoms. The number of β-amino-alcohol motifs (C(OH)–C–C–N with tert-alkyl or cyclic N) is 1. The molecule has 0 unspecified atom stereocenters. The van der Waals surface area contributed by atoms with E-state index in [1.165, 1.54) is 6.07 Å². The fourth-order valence-corrected chi connectivity index (χ4v) is 2.48. The number of aromatic nitrogens is 2. The van der Waals surface area contributed by atoms with Crippen molar-refractivity contribution in [2.75, 3.05) is 6.54 Å². The minimum Gasteiger partial charge on any atom is -0.392 e. The highest BCUT2D eigenvalue weighted by atomic mass is 35.5. The minimum atomic E-state index is -0.406. The standard InChI is InChI=1S/C13H13ClFN3O2/c14-9-2-1-3-10(15)8(9)5-12-17-13(20-18-12)11-4-7(19)6-16-11/h1-3,7,11,16,19H,4-6H2/t7-,11+/m1/s1. The zero-order valence-corrected chi connectivity index (χ0v) is 11.3. The first-order valence-corrected chi connectivity index (χ1v) is 6.68. The maximum Gasteiger partial charge on any atom is 0.243 e. The number of nitrogens with zero attached hydrogens (tertiary/aromatic N) is 2. The first-order valence-electron chi connectivity index (χ1n) is 6.30. The summed E-state index contributed by atoms with van der Waals surface area (Å²) in [5, 5.41) is 16.7. The number of benzene rings is 1. The van der Waals surface area contributed by atoms with E-state index in [2.05, 4.69) is 15.5 Å². The zero-order chi connectivity index (χ0) is 14.1. The average molecular weight is 298 g/mol. The Bertz CT molecular complexity index is 599. The molecule has 0 bridgehead atoms. The smallest absolute Gasteiger partial charge is 0.243 e. The Morgan fingerprint density at radius 3 is 3.05 bits per heavy atom. The van der Waals surface area contributed by atoms with E-state index < -0.39 is 11.9 Å². The molecule has 2 heterocycles. The summed E-state index contributed by atoms with van der Waals surface area (Å²) in [5.74, 6) is 0.387. The second kappa shape index (κ2) is 5.47. The normalized spacial score (nSPS) is 22.4. The number of rotatable bonds is 3. The van der Waals surface area contributed by atoms with Gasteiger partial charge in [0.05, 0.1) is 12.1 Å². The van der Waals surface area contributed by atoms with Gasteiger partial charge in [-0.05, 0) is 18.6 Å². The molecule has 0 radical (unpaired) electrons. The van der Waals surface area contributed by atoms with Gasteiger partial charge in [-0.2, -0.15) is 4.98 Å². The van der Waals surface area contributed by atoms with Crippen molar-refractivity contribution in [3.63, 3.8) is 0 Å². The molecular formula is C13H13ClFN3O2. The Morgan fingerprint density at radius 2 is 2.35 bits per heavy atom. The van der Waals surface area contributed by atoms with Crippen molar-refractivity contribution in [3.8, 4) is 0 Å². The van der Waals surface area contributed by atoms with Crippen LogP contribution in [-0.2, 0) is 6.42 Å². The fraction of sp³-hybridized carbons (Fsp3) is 0.385. The quantitative estimate of drug-likeness (QED) is 0.904. The lowest BCUT2D eigenvalue weighted by Gasteiger charge is -2.03. The van der Waals surface area contributed by atoms with Crippen LogP contribution in [0.3, 0.4) is 0 Å². The number of halogens is 2. The fourth-order valence-electron chi connectivity index (χ4n) is 2.25. The third-order valence-electron chi connectivity index (χ3n) is 3.29. The van der Waals surface area contributed by atoms with Crippen LogP contribution in [0.1, 0.15) is 29.7 Å². The molecule has 5 nitrogen and oxygen atoms in total. The summed E-state index contributed by atoms with van der Waals surface area (Å²) < 4.78 is 18.8. The second-order valence-corrected chi connectivity index (χ2v) is 5.18. The van der Waals surface area contributed by atoms with Crippen LogP contribution in [0, 0.1) is 5.82 Å².